The quantitative estimate of drug-likeness (QED) is 0.652. The van der Waals surface area contributed by atoms with Gasteiger partial charge in [0.05, 0.1) is 4.92 Å². The largest absolute Gasteiger partial charge is 0.330 e. The normalized spacial score (nSPS) is 17.0. The van der Waals surface area contributed by atoms with Crippen LogP contribution in [0.4, 0.5) is 10.1 Å². The fraction of sp³-hybridized carbons (Fsp3) is 0.500. The molecule has 1 heterocycles. The Morgan fingerprint density at radius 2 is 1.95 bits per heavy atom. The standard InChI is InChI=1S/C12H16FN3O4S.ClH/c13-10-2-1-3-11(16(17)18)12(10)21(19,20)15-6-4-9(8-14)5-7-15;/h1-3,9H,4-8,14H2;1H. The summed E-state index contributed by atoms with van der Waals surface area (Å²) in [5, 5.41) is 10.9. The van der Waals surface area contributed by atoms with Crippen LogP contribution in [0.5, 0.6) is 0 Å². The zero-order valence-corrected chi connectivity index (χ0v) is 13.3. The van der Waals surface area contributed by atoms with E-state index < -0.39 is 31.3 Å². The molecular weight excluding hydrogens is 337 g/mol. The first-order valence-corrected chi connectivity index (χ1v) is 7.95. The van der Waals surface area contributed by atoms with E-state index in [0.717, 1.165) is 22.5 Å². The lowest BCUT2D eigenvalue weighted by Gasteiger charge is -2.30. The van der Waals surface area contributed by atoms with Gasteiger partial charge in [0.15, 0.2) is 4.90 Å². The van der Waals surface area contributed by atoms with Gasteiger partial charge >= 0.3 is 0 Å². The minimum atomic E-state index is -4.22. The van der Waals surface area contributed by atoms with Gasteiger partial charge in [-0.05, 0) is 31.4 Å². The maximum absolute atomic E-state index is 13.9. The summed E-state index contributed by atoms with van der Waals surface area (Å²) in [6.07, 6.45) is 1.13. The highest BCUT2D eigenvalue weighted by Gasteiger charge is 2.36. The summed E-state index contributed by atoms with van der Waals surface area (Å²) >= 11 is 0. The van der Waals surface area contributed by atoms with E-state index in [4.69, 9.17) is 5.73 Å². The zero-order chi connectivity index (χ0) is 15.6. The lowest BCUT2D eigenvalue weighted by Crippen LogP contribution is -2.40. The minimum Gasteiger partial charge on any atom is -0.330 e. The van der Waals surface area contributed by atoms with Crippen molar-refractivity contribution < 1.29 is 17.7 Å². The predicted molar refractivity (Wildman–Crippen MR) is 80.8 cm³/mol. The maximum Gasteiger partial charge on any atom is 0.292 e. The molecule has 2 N–H and O–H groups in total. The van der Waals surface area contributed by atoms with E-state index in [-0.39, 0.29) is 31.4 Å². The first-order valence-electron chi connectivity index (χ1n) is 6.51. The molecule has 0 unspecified atom stereocenters. The van der Waals surface area contributed by atoms with Gasteiger partial charge in [-0.1, -0.05) is 6.07 Å². The van der Waals surface area contributed by atoms with Crippen LogP contribution >= 0.6 is 12.4 Å². The average Bonchev–Trinajstić information content (AvgIpc) is 2.46. The number of sulfonamides is 1. The lowest BCUT2D eigenvalue weighted by molar-refractivity contribution is -0.388. The molecular formula is C12H17ClFN3O4S. The molecule has 1 aromatic carbocycles. The second-order valence-corrected chi connectivity index (χ2v) is 6.80. The molecule has 0 radical (unpaired) electrons. The molecule has 0 amide bonds. The number of rotatable bonds is 4. The topological polar surface area (TPSA) is 107 Å². The van der Waals surface area contributed by atoms with E-state index >= 15 is 0 Å². The highest BCUT2D eigenvalue weighted by Crippen LogP contribution is 2.31. The van der Waals surface area contributed by atoms with Gasteiger partial charge in [0, 0.05) is 19.2 Å². The van der Waals surface area contributed by atoms with Crippen LogP contribution in [0.25, 0.3) is 0 Å². The monoisotopic (exact) mass is 353 g/mol. The second-order valence-electron chi connectivity index (χ2n) is 4.93. The van der Waals surface area contributed by atoms with Crippen molar-refractivity contribution >= 4 is 28.1 Å². The molecule has 0 aliphatic carbocycles. The molecule has 22 heavy (non-hydrogen) atoms. The van der Waals surface area contributed by atoms with Gasteiger partial charge in [-0.3, -0.25) is 10.1 Å². The number of piperidine rings is 1. The number of nitrogens with two attached hydrogens (primary N) is 1. The number of nitro benzene ring substituents is 1. The van der Waals surface area contributed by atoms with Crippen LogP contribution in [0.3, 0.4) is 0 Å². The van der Waals surface area contributed by atoms with Gasteiger partial charge < -0.3 is 5.73 Å². The fourth-order valence-corrected chi connectivity index (χ4v) is 4.08. The molecule has 0 atom stereocenters. The van der Waals surface area contributed by atoms with Gasteiger partial charge in [-0.15, -0.1) is 12.4 Å². The first-order chi connectivity index (χ1) is 9.87. The average molecular weight is 354 g/mol. The molecule has 0 spiro atoms. The van der Waals surface area contributed by atoms with E-state index in [1.165, 1.54) is 0 Å². The Morgan fingerprint density at radius 1 is 1.36 bits per heavy atom. The first kappa shape index (κ1) is 18.8. The van der Waals surface area contributed by atoms with Crippen molar-refractivity contribution in [1.82, 2.24) is 4.31 Å². The molecule has 1 fully saturated rings. The highest BCUT2D eigenvalue weighted by atomic mass is 35.5. The maximum atomic E-state index is 13.9. The summed E-state index contributed by atoms with van der Waals surface area (Å²) in [6.45, 7) is 0.846. The number of nitro groups is 1. The molecule has 0 aromatic heterocycles. The minimum absolute atomic E-state index is 0. The number of benzene rings is 1. The number of halogens is 2. The van der Waals surface area contributed by atoms with Crippen molar-refractivity contribution in [3.8, 4) is 0 Å². The van der Waals surface area contributed by atoms with Crippen molar-refractivity contribution in [2.75, 3.05) is 19.6 Å². The van der Waals surface area contributed by atoms with E-state index in [9.17, 15) is 22.9 Å². The molecule has 1 aliphatic rings. The molecule has 124 valence electrons. The molecule has 1 saturated heterocycles. The zero-order valence-electron chi connectivity index (χ0n) is 11.6. The third-order valence-corrected chi connectivity index (χ3v) is 5.61. The Labute approximate surface area is 133 Å². The molecule has 1 aliphatic heterocycles. The SMILES string of the molecule is Cl.NCC1CCN(S(=O)(=O)c2c(F)cccc2[N+](=O)[O-])CC1. The summed E-state index contributed by atoms with van der Waals surface area (Å²) in [7, 11) is -4.22. The summed E-state index contributed by atoms with van der Waals surface area (Å²) in [6, 6.07) is 3.02. The van der Waals surface area contributed by atoms with E-state index in [1.807, 2.05) is 0 Å². The fourth-order valence-electron chi connectivity index (χ4n) is 2.41. The van der Waals surface area contributed by atoms with E-state index in [0.29, 0.717) is 19.4 Å². The van der Waals surface area contributed by atoms with Crippen LogP contribution in [0.1, 0.15) is 12.8 Å². The molecule has 7 nitrogen and oxygen atoms in total. The highest BCUT2D eigenvalue weighted by molar-refractivity contribution is 7.89. The molecule has 10 heteroatoms. The summed E-state index contributed by atoms with van der Waals surface area (Å²) in [4.78, 5) is 9.19. The Hall–Kier alpha value is -1.29. The molecule has 0 saturated carbocycles. The summed E-state index contributed by atoms with van der Waals surface area (Å²) in [5.41, 5.74) is 4.80. The van der Waals surface area contributed by atoms with Crippen LogP contribution in [-0.4, -0.2) is 37.3 Å². The number of nitrogens with zero attached hydrogens (tertiary/aromatic N) is 2. The van der Waals surface area contributed by atoms with E-state index in [1.54, 1.807) is 0 Å². The summed E-state index contributed by atoms with van der Waals surface area (Å²) in [5.74, 6) is -0.878. The van der Waals surface area contributed by atoms with Crippen LogP contribution in [0, 0.1) is 21.8 Å². The lowest BCUT2D eigenvalue weighted by atomic mass is 9.99. The van der Waals surface area contributed by atoms with Crippen LogP contribution in [0.2, 0.25) is 0 Å². The Balaban J connectivity index is 0.00000242. The number of hydrogen-bond donors (Lipinski definition) is 1. The molecule has 1 aromatic rings. The Morgan fingerprint density at radius 3 is 2.45 bits per heavy atom. The van der Waals surface area contributed by atoms with Crippen molar-refractivity contribution in [3.63, 3.8) is 0 Å². The van der Waals surface area contributed by atoms with Gasteiger partial charge in [-0.25, -0.2) is 12.8 Å². The predicted octanol–water partition coefficient (Wildman–Crippen LogP) is 1.52. The van der Waals surface area contributed by atoms with Crippen LogP contribution < -0.4 is 5.73 Å². The van der Waals surface area contributed by atoms with Crippen LogP contribution in [-0.2, 0) is 10.0 Å². The van der Waals surface area contributed by atoms with Gasteiger partial charge in [-0.2, -0.15) is 4.31 Å². The summed E-state index contributed by atoms with van der Waals surface area (Å²) < 4.78 is 39.9. The second kappa shape index (κ2) is 7.32. The van der Waals surface area contributed by atoms with Gasteiger partial charge in [0.1, 0.15) is 5.82 Å². The third kappa shape index (κ3) is 3.54. The van der Waals surface area contributed by atoms with Crippen molar-refractivity contribution in [2.45, 2.75) is 17.7 Å². The molecule has 0 bridgehead atoms. The van der Waals surface area contributed by atoms with Gasteiger partial charge in [0.25, 0.3) is 15.7 Å². The Kier molecular flexibility index (Phi) is 6.24. The third-order valence-electron chi connectivity index (χ3n) is 3.65. The van der Waals surface area contributed by atoms with Crippen molar-refractivity contribution in [1.29, 1.82) is 0 Å². The van der Waals surface area contributed by atoms with Gasteiger partial charge in [0.2, 0.25) is 0 Å². The smallest absolute Gasteiger partial charge is 0.292 e. The van der Waals surface area contributed by atoms with Crippen molar-refractivity contribution in [2.24, 2.45) is 11.7 Å². The van der Waals surface area contributed by atoms with E-state index in [2.05, 4.69) is 0 Å². The molecule has 2 rings (SSSR count). The van der Waals surface area contributed by atoms with Crippen LogP contribution in [0.15, 0.2) is 23.1 Å². The number of hydrogen-bond acceptors (Lipinski definition) is 5. The van der Waals surface area contributed by atoms with Crippen molar-refractivity contribution in [3.05, 3.63) is 34.1 Å². The Bertz CT molecular complexity index is 648.